The van der Waals surface area contributed by atoms with Gasteiger partial charge in [0, 0.05) is 12.5 Å². The standard InChI is InChI=1S/C35H48O5/c1-3-5-8-11-28-12-17-30(18-13-28)31-19-23-33(24-20-31)40-35(37)25-16-29-14-21-32(22-15-29)38-26-9-6-7-10-27-39-34(36)4-2/h4,14-15,19-24,28,30H,2-3,5-13,16-18,25-27H2,1H3. The number of carbonyl (C=O) groups is 2. The third-order valence-electron chi connectivity index (χ3n) is 7.91. The molecule has 1 aliphatic carbocycles. The molecule has 0 saturated heterocycles. The molecule has 218 valence electrons. The minimum atomic E-state index is -0.367. The number of carbonyl (C=O) groups excluding carboxylic acids is 2. The number of esters is 2. The van der Waals surface area contributed by atoms with Crippen molar-refractivity contribution in [2.24, 2.45) is 5.92 Å². The van der Waals surface area contributed by atoms with E-state index in [1.165, 1.54) is 63.0 Å². The van der Waals surface area contributed by atoms with E-state index < -0.39 is 0 Å². The van der Waals surface area contributed by atoms with E-state index in [0.717, 1.165) is 42.9 Å². The van der Waals surface area contributed by atoms with Crippen molar-refractivity contribution in [3.05, 3.63) is 72.3 Å². The average molecular weight is 549 g/mol. The Labute approximate surface area is 241 Å². The first kappa shape index (κ1) is 31.4. The summed E-state index contributed by atoms with van der Waals surface area (Å²) in [5, 5.41) is 0. The Kier molecular flexibility index (Phi) is 14.4. The number of benzene rings is 2. The Morgan fingerprint density at radius 2 is 1.50 bits per heavy atom. The van der Waals surface area contributed by atoms with Gasteiger partial charge in [0.15, 0.2) is 0 Å². The molecule has 0 aromatic heterocycles. The lowest BCUT2D eigenvalue weighted by molar-refractivity contribution is -0.138. The molecule has 0 N–H and O–H groups in total. The van der Waals surface area contributed by atoms with Gasteiger partial charge in [0.2, 0.25) is 0 Å². The first-order valence-corrected chi connectivity index (χ1v) is 15.4. The van der Waals surface area contributed by atoms with E-state index in [-0.39, 0.29) is 11.9 Å². The highest BCUT2D eigenvalue weighted by molar-refractivity contribution is 5.81. The van der Waals surface area contributed by atoms with Crippen LogP contribution in [0.5, 0.6) is 11.5 Å². The average Bonchev–Trinajstić information content (AvgIpc) is 2.99. The smallest absolute Gasteiger partial charge is 0.330 e. The summed E-state index contributed by atoms with van der Waals surface area (Å²) in [5.74, 6) is 2.43. The molecule has 1 saturated carbocycles. The maximum absolute atomic E-state index is 12.4. The van der Waals surface area contributed by atoms with E-state index in [0.29, 0.717) is 37.7 Å². The maximum Gasteiger partial charge on any atom is 0.330 e. The van der Waals surface area contributed by atoms with Gasteiger partial charge in [0.1, 0.15) is 11.5 Å². The van der Waals surface area contributed by atoms with Crippen molar-refractivity contribution in [1.29, 1.82) is 0 Å². The maximum atomic E-state index is 12.4. The first-order valence-electron chi connectivity index (χ1n) is 15.4. The third kappa shape index (κ3) is 12.0. The van der Waals surface area contributed by atoms with Gasteiger partial charge in [-0.1, -0.05) is 63.5 Å². The highest BCUT2D eigenvalue weighted by Crippen LogP contribution is 2.38. The molecule has 1 aliphatic rings. The van der Waals surface area contributed by atoms with E-state index in [4.69, 9.17) is 14.2 Å². The van der Waals surface area contributed by atoms with Crippen LogP contribution in [0.4, 0.5) is 0 Å². The number of ether oxygens (including phenoxy) is 3. The van der Waals surface area contributed by atoms with E-state index in [2.05, 4.69) is 25.6 Å². The molecule has 3 rings (SSSR count). The number of unbranched alkanes of at least 4 members (excludes halogenated alkanes) is 5. The van der Waals surface area contributed by atoms with Crippen LogP contribution in [0, 0.1) is 5.92 Å². The van der Waals surface area contributed by atoms with E-state index in [1.807, 2.05) is 36.4 Å². The predicted octanol–water partition coefficient (Wildman–Crippen LogP) is 8.75. The summed E-state index contributed by atoms with van der Waals surface area (Å²) in [5.41, 5.74) is 2.46. The second-order valence-electron chi connectivity index (χ2n) is 11.0. The van der Waals surface area contributed by atoms with Gasteiger partial charge in [-0.05, 0) is 105 Å². The molecular weight excluding hydrogens is 500 g/mol. The van der Waals surface area contributed by atoms with Crippen LogP contribution in [0.25, 0.3) is 0 Å². The van der Waals surface area contributed by atoms with Gasteiger partial charge in [-0.3, -0.25) is 4.79 Å². The van der Waals surface area contributed by atoms with Gasteiger partial charge in [0.05, 0.1) is 13.2 Å². The Balaban J connectivity index is 1.27. The number of hydrogen-bond donors (Lipinski definition) is 0. The summed E-state index contributed by atoms with van der Waals surface area (Å²) < 4.78 is 16.4. The van der Waals surface area contributed by atoms with Gasteiger partial charge in [-0.15, -0.1) is 0 Å². The molecule has 2 aromatic rings. The summed E-state index contributed by atoms with van der Waals surface area (Å²) in [7, 11) is 0. The van der Waals surface area contributed by atoms with Crippen LogP contribution in [-0.2, 0) is 20.7 Å². The van der Waals surface area contributed by atoms with Gasteiger partial charge in [-0.2, -0.15) is 0 Å². The minimum Gasteiger partial charge on any atom is -0.494 e. The molecular formula is C35H48O5. The molecule has 0 atom stereocenters. The van der Waals surface area contributed by atoms with Gasteiger partial charge < -0.3 is 14.2 Å². The van der Waals surface area contributed by atoms with Crippen molar-refractivity contribution in [2.75, 3.05) is 13.2 Å². The summed E-state index contributed by atoms with van der Waals surface area (Å²) >= 11 is 0. The molecule has 5 heteroatoms. The van der Waals surface area contributed by atoms with Crippen LogP contribution in [0.15, 0.2) is 61.2 Å². The highest BCUT2D eigenvalue weighted by Gasteiger charge is 2.22. The molecule has 0 aliphatic heterocycles. The topological polar surface area (TPSA) is 61.8 Å². The molecule has 0 spiro atoms. The highest BCUT2D eigenvalue weighted by atomic mass is 16.5. The van der Waals surface area contributed by atoms with Crippen molar-refractivity contribution < 1.29 is 23.8 Å². The van der Waals surface area contributed by atoms with Crippen molar-refractivity contribution >= 4 is 11.9 Å². The molecule has 0 heterocycles. The molecule has 2 aromatic carbocycles. The molecule has 0 bridgehead atoms. The van der Waals surface area contributed by atoms with Gasteiger partial charge >= 0.3 is 11.9 Å². The minimum absolute atomic E-state index is 0.208. The van der Waals surface area contributed by atoms with Crippen LogP contribution in [-0.4, -0.2) is 25.2 Å². The van der Waals surface area contributed by atoms with Gasteiger partial charge in [-0.25, -0.2) is 4.79 Å². The Morgan fingerprint density at radius 3 is 2.17 bits per heavy atom. The summed E-state index contributed by atoms with van der Waals surface area (Å²) in [4.78, 5) is 23.4. The van der Waals surface area contributed by atoms with Crippen LogP contribution >= 0.6 is 0 Å². The lowest BCUT2D eigenvalue weighted by atomic mass is 9.77. The van der Waals surface area contributed by atoms with Crippen molar-refractivity contribution in [3.63, 3.8) is 0 Å². The second-order valence-corrected chi connectivity index (χ2v) is 11.0. The van der Waals surface area contributed by atoms with Crippen LogP contribution < -0.4 is 9.47 Å². The fourth-order valence-electron chi connectivity index (χ4n) is 5.44. The molecule has 5 nitrogen and oxygen atoms in total. The van der Waals surface area contributed by atoms with Gasteiger partial charge in [0.25, 0.3) is 0 Å². The fourth-order valence-corrected chi connectivity index (χ4v) is 5.44. The Hall–Kier alpha value is -3.08. The fraction of sp³-hybridized carbons (Fsp3) is 0.543. The summed E-state index contributed by atoms with van der Waals surface area (Å²) in [6, 6.07) is 16.1. The number of aryl methyl sites for hydroxylation is 1. The molecule has 1 fully saturated rings. The SMILES string of the molecule is C=CC(=O)OCCCCCCOc1ccc(CCC(=O)Oc2ccc(C3CCC(CCCCC)CC3)cc2)cc1. The van der Waals surface area contributed by atoms with E-state index >= 15 is 0 Å². The summed E-state index contributed by atoms with van der Waals surface area (Å²) in [6.07, 6.45) is 16.7. The third-order valence-corrected chi connectivity index (χ3v) is 7.91. The van der Waals surface area contributed by atoms with Crippen molar-refractivity contribution in [2.45, 2.75) is 103 Å². The van der Waals surface area contributed by atoms with Crippen LogP contribution in [0.1, 0.15) is 107 Å². The predicted molar refractivity (Wildman–Crippen MR) is 161 cm³/mol. The quantitative estimate of drug-likeness (QED) is 0.0806. The first-order chi connectivity index (χ1) is 19.6. The van der Waals surface area contributed by atoms with E-state index in [1.54, 1.807) is 0 Å². The molecule has 0 amide bonds. The lowest BCUT2D eigenvalue weighted by Gasteiger charge is -2.29. The number of hydrogen-bond acceptors (Lipinski definition) is 5. The molecule has 0 radical (unpaired) electrons. The molecule has 40 heavy (non-hydrogen) atoms. The zero-order chi connectivity index (χ0) is 28.4. The second kappa shape index (κ2) is 18.3. The monoisotopic (exact) mass is 548 g/mol. The van der Waals surface area contributed by atoms with Crippen LogP contribution in [0.2, 0.25) is 0 Å². The number of rotatable bonds is 18. The largest absolute Gasteiger partial charge is 0.494 e. The Bertz CT molecular complexity index is 1000. The zero-order valence-corrected chi connectivity index (χ0v) is 24.4. The lowest BCUT2D eigenvalue weighted by Crippen LogP contribution is -2.13. The van der Waals surface area contributed by atoms with Crippen molar-refractivity contribution in [3.8, 4) is 11.5 Å². The Morgan fingerprint density at radius 1 is 0.825 bits per heavy atom. The molecule has 0 unspecified atom stereocenters. The normalized spacial score (nSPS) is 16.7. The van der Waals surface area contributed by atoms with E-state index in [9.17, 15) is 9.59 Å². The van der Waals surface area contributed by atoms with Crippen molar-refractivity contribution in [1.82, 2.24) is 0 Å². The van der Waals surface area contributed by atoms with Crippen LogP contribution in [0.3, 0.4) is 0 Å². The zero-order valence-electron chi connectivity index (χ0n) is 24.4. The summed E-state index contributed by atoms with van der Waals surface area (Å²) in [6.45, 7) is 6.74.